The molecule has 0 amide bonds. The summed E-state index contributed by atoms with van der Waals surface area (Å²) in [6, 6.07) is 9.67. The number of cyclic esters (lactones) is 2. The van der Waals surface area contributed by atoms with E-state index in [4.69, 9.17) is 21.1 Å². The highest BCUT2D eigenvalue weighted by molar-refractivity contribution is 7.93. The molecule has 0 aliphatic carbocycles. The Bertz CT molecular complexity index is 1180. The fourth-order valence-electron chi connectivity index (χ4n) is 2.95. The Morgan fingerprint density at radius 2 is 1.65 bits per heavy atom. The molecule has 0 radical (unpaired) electrons. The number of hydrogen-bond donors (Lipinski definition) is 2. The molecule has 1 heterocycles. The van der Waals surface area contributed by atoms with Gasteiger partial charge in [-0.15, -0.1) is 0 Å². The summed E-state index contributed by atoms with van der Waals surface area (Å²) in [5.41, 5.74) is 1.77. The third kappa shape index (κ3) is 5.00. The van der Waals surface area contributed by atoms with E-state index in [0.717, 1.165) is 17.3 Å². The number of nitrogens with one attached hydrogen (secondary N) is 2. The third-order valence-electron chi connectivity index (χ3n) is 4.35. The van der Waals surface area contributed by atoms with Crippen molar-refractivity contribution in [1.29, 1.82) is 0 Å². The van der Waals surface area contributed by atoms with Crippen LogP contribution in [-0.2, 0) is 29.1 Å². The lowest BCUT2D eigenvalue weighted by Crippen LogP contribution is -2.42. The molecule has 1 saturated heterocycles. The van der Waals surface area contributed by atoms with Crippen molar-refractivity contribution in [2.45, 2.75) is 38.4 Å². The smallest absolute Gasteiger partial charge is 0.350 e. The van der Waals surface area contributed by atoms with Crippen molar-refractivity contribution in [3.05, 3.63) is 64.3 Å². The number of benzene rings is 2. The average Bonchev–Trinajstić information content (AvgIpc) is 2.62. The molecule has 1 aliphatic rings. The Balaban J connectivity index is 1.95. The van der Waals surface area contributed by atoms with Crippen LogP contribution in [0.4, 0.5) is 11.4 Å². The number of sulfonamides is 1. The van der Waals surface area contributed by atoms with Crippen molar-refractivity contribution in [1.82, 2.24) is 0 Å². The Morgan fingerprint density at radius 1 is 1.00 bits per heavy atom. The van der Waals surface area contributed by atoms with Gasteiger partial charge in [0.05, 0.1) is 16.4 Å². The molecular weight excluding hydrogens is 444 g/mol. The summed E-state index contributed by atoms with van der Waals surface area (Å²) in [7, 11) is -4.11. The SMILES string of the molecule is Cc1ccc(NS(=O)(=O)c2c(Cl)cccc2NC=C2C(=O)OC(C)(C)OC2=O)c(C)c1. The van der Waals surface area contributed by atoms with Crippen LogP contribution in [0, 0.1) is 13.8 Å². The van der Waals surface area contributed by atoms with E-state index in [9.17, 15) is 18.0 Å². The Labute approximate surface area is 185 Å². The van der Waals surface area contributed by atoms with E-state index < -0.39 is 33.3 Å². The zero-order valence-electron chi connectivity index (χ0n) is 17.3. The molecule has 0 bridgehead atoms. The topological polar surface area (TPSA) is 111 Å². The molecule has 31 heavy (non-hydrogen) atoms. The van der Waals surface area contributed by atoms with Crippen molar-refractivity contribution in [2.24, 2.45) is 0 Å². The highest BCUT2D eigenvalue weighted by atomic mass is 35.5. The van der Waals surface area contributed by atoms with Crippen LogP contribution in [0.5, 0.6) is 0 Å². The number of hydrogen-bond acceptors (Lipinski definition) is 7. The van der Waals surface area contributed by atoms with Gasteiger partial charge in [-0.25, -0.2) is 18.0 Å². The molecule has 10 heteroatoms. The molecule has 0 aromatic heterocycles. The molecule has 2 aromatic carbocycles. The summed E-state index contributed by atoms with van der Waals surface area (Å²) >= 11 is 6.20. The van der Waals surface area contributed by atoms with Gasteiger partial charge in [0, 0.05) is 20.0 Å². The quantitative estimate of drug-likeness (QED) is 0.392. The van der Waals surface area contributed by atoms with Crippen molar-refractivity contribution in [2.75, 3.05) is 10.0 Å². The molecule has 2 aromatic rings. The van der Waals surface area contributed by atoms with Crippen molar-refractivity contribution in [3.63, 3.8) is 0 Å². The lowest BCUT2D eigenvalue weighted by molar-refractivity contribution is -0.222. The summed E-state index contributed by atoms with van der Waals surface area (Å²) in [4.78, 5) is 24.0. The summed E-state index contributed by atoms with van der Waals surface area (Å²) < 4.78 is 38.8. The fourth-order valence-corrected chi connectivity index (χ4v) is 4.79. The van der Waals surface area contributed by atoms with Crippen LogP contribution in [0.15, 0.2) is 53.1 Å². The molecule has 1 fully saturated rings. The first-order chi connectivity index (χ1) is 14.4. The highest BCUT2D eigenvalue weighted by Gasteiger charge is 2.39. The Kier molecular flexibility index (Phi) is 6.02. The molecule has 3 rings (SSSR count). The monoisotopic (exact) mass is 464 g/mol. The maximum atomic E-state index is 13.1. The van der Waals surface area contributed by atoms with E-state index in [2.05, 4.69) is 10.0 Å². The zero-order valence-corrected chi connectivity index (χ0v) is 18.8. The second-order valence-corrected chi connectivity index (χ2v) is 9.45. The van der Waals surface area contributed by atoms with Gasteiger partial charge >= 0.3 is 11.9 Å². The number of halogens is 1. The van der Waals surface area contributed by atoms with E-state index in [1.165, 1.54) is 32.0 Å². The number of rotatable bonds is 5. The minimum atomic E-state index is -4.11. The van der Waals surface area contributed by atoms with Gasteiger partial charge < -0.3 is 14.8 Å². The van der Waals surface area contributed by atoms with Crippen molar-refractivity contribution < 1.29 is 27.5 Å². The first kappa shape index (κ1) is 22.6. The standard InChI is InChI=1S/C21H21ClN2O6S/c1-12-8-9-16(13(2)10-12)24-31(27,28)18-15(22)6-5-7-17(18)23-11-14-19(25)29-21(3,4)30-20(14)26/h5-11,23-24H,1-4H3. The maximum absolute atomic E-state index is 13.1. The first-order valence-electron chi connectivity index (χ1n) is 9.21. The predicted octanol–water partition coefficient (Wildman–Crippen LogP) is 3.89. The second kappa shape index (κ2) is 8.24. The minimum Gasteiger partial charge on any atom is -0.419 e. The van der Waals surface area contributed by atoms with Crippen LogP contribution in [0.1, 0.15) is 25.0 Å². The number of ether oxygens (including phenoxy) is 2. The van der Waals surface area contributed by atoms with Gasteiger partial charge in [0.2, 0.25) is 0 Å². The molecule has 0 saturated carbocycles. The molecule has 0 spiro atoms. The highest BCUT2D eigenvalue weighted by Crippen LogP contribution is 2.32. The predicted molar refractivity (Wildman–Crippen MR) is 116 cm³/mol. The first-order valence-corrected chi connectivity index (χ1v) is 11.1. The zero-order chi connectivity index (χ0) is 23.0. The molecule has 2 N–H and O–H groups in total. The van der Waals surface area contributed by atoms with Crippen LogP contribution < -0.4 is 10.0 Å². The van der Waals surface area contributed by atoms with Crippen molar-refractivity contribution in [3.8, 4) is 0 Å². The molecule has 1 aliphatic heterocycles. The van der Waals surface area contributed by atoms with Crippen LogP contribution in [0.2, 0.25) is 5.02 Å². The lowest BCUT2D eigenvalue weighted by atomic mass is 10.1. The summed E-state index contributed by atoms with van der Waals surface area (Å²) in [5.74, 6) is -3.17. The largest absolute Gasteiger partial charge is 0.419 e. The van der Waals surface area contributed by atoms with Gasteiger partial charge in [0.15, 0.2) is 5.57 Å². The summed E-state index contributed by atoms with van der Waals surface area (Å²) in [5, 5.41) is 2.61. The van der Waals surface area contributed by atoms with Gasteiger partial charge in [-0.1, -0.05) is 35.4 Å². The normalized spacial score (nSPS) is 15.7. The average molecular weight is 465 g/mol. The Hall–Kier alpha value is -3.04. The van der Waals surface area contributed by atoms with Crippen LogP contribution in [-0.4, -0.2) is 26.1 Å². The van der Waals surface area contributed by atoms with E-state index in [-0.39, 0.29) is 15.6 Å². The lowest BCUT2D eigenvalue weighted by Gasteiger charge is -2.29. The van der Waals surface area contributed by atoms with Gasteiger partial charge in [-0.05, 0) is 37.6 Å². The van der Waals surface area contributed by atoms with E-state index in [1.807, 2.05) is 13.0 Å². The van der Waals surface area contributed by atoms with Crippen LogP contribution in [0.3, 0.4) is 0 Å². The third-order valence-corrected chi connectivity index (χ3v) is 6.24. The molecule has 0 unspecified atom stereocenters. The molecular formula is C21H21ClN2O6S. The maximum Gasteiger partial charge on any atom is 0.350 e. The minimum absolute atomic E-state index is 0.0457. The molecule has 0 atom stereocenters. The Morgan fingerprint density at radius 3 is 2.26 bits per heavy atom. The number of carbonyl (C=O) groups is 2. The summed E-state index contributed by atoms with van der Waals surface area (Å²) in [6.45, 7) is 6.53. The number of anilines is 2. The van der Waals surface area contributed by atoms with Crippen molar-refractivity contribution >= 4 is 44.9 Å². The molecule has 164 valence electrons. The van der Waals surface area contributed by atoms with Gasteiger partial charge in [-0.2, -0.15) is 0 Å². The van der Waals surface area contributed by atoms with E-state index in [1.54, 1.807) is 19.1 Å². The number of esters is 2. The number of aryl methyl sites for hydroxylation is 2. The van der Waals surface area contributed by atoms with Crippen LogP contribution >= 0.6 is 11.6 Å². The summed E-state index contributed by atoms with van der Waals surface area (Å²) in [6.07, 6.45) is 1.03. The van der Waals surface area contributed by atoms with E-state index in [0.29, 0.717) is 5.69 Å². The van der Waals surface area contributed by atoms with E-state index >= 15 is 0 Å². The fraction of sp³-hybridized carbons (Fsp3) is 0.238. The van der Waals surface area contributed by atoms with Gasteiger partial charge in [0.1, 0.15) is 4.90 Å². The number of carbonyl (C=O) groups excluding carboxylic acids is 2. The molecule has 8 nitrogen and oxygen atoms in total. The van der Waals surface area contributed by atoms with Gasteiger partial charge in [0.25, 0.3) is 15.8 Å². The van der Waals surface area contributed by atoms with Gasteiger partial charge in [-0.3, -0.25) is 4.72 Å². The van der Waals surface area contributed by atoms with Crippen LogP contribution in [0.25, 0.3) is 0 Å². The second-order valence-electron chi connectivity index (χ2n) is 7.42.